The van der Waals surface area contributed by atoms with E-state index in [0.29, 0.717) is 11.3 Å². The summed E-state index contributed by atoms with van der Waals surface area (Å²) in [7, 11) is 1.50. The number of benzene rings is 1. The molecule has 1 aromatic carbocycles. The van der Waals surface area contributed by atoms with Crippen LogP contribution in [-0.2, 0) is 0 Å². The molecule has 0 bridgehead atoms. The van der Waals surface area contributed by atoms with Crippen LogP contribution in [0, 0.1) is 5.82 Å². The number of carbonyl (C=O) groups is 1. The van der Waals surface area contributed by atoms with Crippen LogP contribution in [0.25, 0.3) is 11.3 Å². The number of ether oxygens (including phenoxy) is 1. The van der Waals surface area contributed by atoms with Crippen molar-refractivity contribution in [1.29, 1.82) is 0 Å². The van der Waals surface area contributed by atoms with E-state index in [1.54, 1.807) is 24.3 Å². The first-order chi connectivity index (χ1) is 8.61. The van der Waals surface area contributed by atoms with Gasteiger partial charge in [-0.05, 0) is 24.3 Å². The van der Waals surface area contributed by atoms with Crippen LogP contribution in [0.3, 0.4) is 0 Å². The number of halogens is 1. The number of pyridine rings is 1. The van der Waals surface area contributed by atoms with Crippen molar-refractivity contribution in [2.45, 2.75) is 0 Å². The zero-order valence-corrected chi connectivity index (χ0v) is 9.55. The van der Waals surface area contributed by atoms with Gasteiger partial charge in [0.25, 0.3) is 0 Å². The van der Waals surface area contributed by atoms with Gasteiger partial charge in [0.05, 0.1) is 7.11 Å². The molecule has 1 N–H and O–H groups in total. The molecule has 5 heteroatoms. The van der Waals surface area contributed by atoms with Gasteiger partial charge in [0.15, 0.2) is 0 Å². The topological polar surface area (TPSA) is 59.4 Å². The molecule has 0 saturated carbocycles. The Morgan fingerprint density at radius 3 is 2.78 bits per heavy atom. The normalized spacial score (nSPS) is 10.1. The van der Waals surface area contributed by atoms with Gasteiger partial charge in [-0.1, -0.05) is 12.1 Å². The van der Waals surface area contributed by atoms with Crippen molar-refractivity contribution in [3.63, 3.8) is 0 Å². The second kappa shape index (κ2) is 4.83. The van der Waals surface area contributed by atoms with Gasteiger partial charge in [-0.3, -0.25) is 0 Å². The fraction of sp³-hybridized carbons (Fsp3) is 0.0769. The molecule has 0 unspecified atom stereocenters. The first kappa shape index (κ1) is 12.0. The number of nitrogens with zero attached hydrogens (tertiary/aromatic N) is 1. The van der Waals surface area contributed by atoms with Crippen molar-refractivity contribution in [2.75, 3.05) is 7.11 Å². The Hall–Kier alpha value is -2.43. The number of aromatic carboxylic acids is 1. The third-order valence-electron chi connectivity index (χ3n) is 2.41. The van der Waals surface area contributed by atoms with Gasteiger partial charge in [-0.15, -0.1) is 0 Å². The van der Waals surface area contributed by atoms with Gasteiger partial charge < -0.3 is 9.84 Å². The molecule has 1 heterocycles. The zero-order valence-electron chi connectivity index (χ0n) is 9.55. The smallest absolute Gasteiger partial charge is 0.354 e. The highest BCUT2D eigenvalue weighted by atomic mass is 19.1. The number of hydrogen-bond donors (Lipinski definition) is 1. The van der Waals surface area contributed by atoms with Gasteiger partial charge in [0, 0.05) is 5.56 Å². The third kappa shape index (κ3) is 2.29. The molecule has 0 aliphatic carbocycles. The van der Waals surface area contributed by atoms with Crippen LogP contribution in [0.15, 0.2) is 36.4 Å². The molecule has 0 aliphatic heterocycles. The number of methoxy groups -OCH3 is 1. The lowest BCUT2D eigenvalue weighted by molar-refractivity contribution is 0.0690. The van der Waals surface area contributed by atoms with Crippen molar-refractivity contribution in [3.05, 3.63) is 47.9 Å². The first-order valence-corrected chi connectivity index (χ1v) is 5.16. The van der Waals surface area contributed by atoms with Crippen LogP contribution in [0.4, 0.5) is 4.39 Å². The maximum atomic E-state index is 13.7. The van der Waals surface area contributed by atoms with Crippen molar-refractivity contribution >= 4 is 5.97 Å². The van der Waals surface area contributed by atoms with Crippen LogP contribution in [0.5, 0.6) is 5.75 Å². The van der Waals surface area contributed by atoms with E-state index in [9.17, 15) is 9.18 Å². The first-order valence-electron chi connectivity index (χ1n) is 5.16. The van der Waals surface area contributed by atoms with Crippen LogP contribution >= 0.6 is 0 Å². The van der Waals surface area contributed by atoms with E-state index < -0.39 is 11.8 Å². The molecule has 0 amide bonds. The number of aromatic nitrogens is 1. The third-order valence-corrected chi connectivity index (χ3v) is 2.41. The zero-order chi connectivity index (χ0) is 13.1. The van der Waals surface area contributed by atoms with Gasteiger partial charge in [-0.2, -0.15) is 0 Å². The van der Waals surface area contributed by atoms with E-state index in [4.69, 9.17) is 9.84 Å². The molecular formula is C13H10FNO3. The maximum Gasteiger partial charge on any atom is 0.354 e. The summed E-state index contributed by atoms with van der Waals surface area (Å²) in [6, 6.07) is 8.84. The van der Waals surface area contributed by atoms with Crippen LogP contribution in [0.1, 0.15) is 10.5 Å². The van der Waals surface area contributed by atoms with E-state index in [-0.39, 0.29) is 11.4 Å². The summed E-state index contributed by atoms with van der Waals surface area (Å²) in [6.45, 7) is 0. The number of carboxylic acid groups (broad SMARTS) is 1. The predicted octanol–water partition coefficient (Wildman–Crippen LogP) is 2.59. The fourth-order valence-electron chi connectivity index (χ4n) is 1.53. The highest BCUT2D eigenvalue weighted by Crippen LogP contribution is 2.24. The SMILES string of the molecule is COc1cccc(-c2nc(C(=O)O)ccc2F)c1. The Morgan fingerprint density at radius 1 is 1.33 bits per heavy atom. The van der Waals surface area contributed by atoms with Crippen LogP contribution < -0.4 is 4.74 Å². The van der Waals surface area contributed by atoms with Gasteiger partial charge >= 0.3 is 5.97 Å². The lowest BCUT2D eigenvalue weighted by Gasteiger charge is -2.06. The lowest BCUT2D eigenvalue weighted by Crippen LogP contribution is -2.02. The second-order valence-corrected chi connectivity index (χ2v) is 3.56. The molecule has 0 fully saturated rings. The van der Waals surface area contributed by atoms with E-state index >= 15 is 0 Å². The van der Waals surface area contributed by atoms with Gasteiger partial charge in [0.2, 0.25) is 0 Å². The summed E-state index contributed by atoms with van der Waals surface area (Å²) in [5, 5.41) is 8.84. The molecule has 0 saturated heterocycles. The average molecular weight is 247 g/mol. The minimum absolute atomic E-state index is 0.00574. The van der Waals surface area contributed by atoms with E-state index in [1.807, 2.05) is 0 Å². The Balaban J connectivity index is 2.54. The Kier molecular flexibility index (Phi) is 3.23. The molecule has 0 aliphatic rings. The maximum absolute atomic E-state index is 13.7. The van der Waals surface area contributed by atoms with Crippen molar-refractivity contribution in [3.8, 4) is 17.0 Å². The highest BCUT2D eigenvalue weighted by Gasteiger charge is 2.12. The Morgan fingerprint density at radius 2 is 2.11 bits per heavy atom. The van der Waals surface area contributed by atoms with E-state index in [0.717, 1.165) is 12.1 Å². The molecule has 2 rings (SSSR count). The summed E-state index contributed by atoms with van der Waals surface area (Å²) < 4.78 is 18.7. The molecule has 2 aromatic rings. The minimum atomic E-state index is -1.20. The van der Waals surface area contributed by atoms with E-state index in [1.165, 1.54) is 7.11 Å². The Labute approximate surface area is 103 Å². The largest absolute Gasteiger partial charge is 0.497 e. The molecule has 4 nitrogen and oxygen atoms in total. The highest BCUT2D eigenvalue weighted by molar-refractivity contribution is 5.86. The van der Waals surface area contributed by atoms with Gasteiger partial charge in [0.1, 0.15) is 23.0 Å². The molecule has 1 aromatic heterocycles. The molecule has 92 valence electrons. The summed E-state index contributed by atoms with van der Waals surface area (Å²) >= 11 is 0. The van der Waals surface area contributed by atoms with Crippen LogP contribution in [0.2, 0.25) is 0 Å². The fourth-order valence-corrected chi connectivity index (χ4v) is 1.53. The van der Waals surface area contributed by atoms with Gasteiger partial charge in [-0.25, -0.2) is 14.2 Å². The van der Waals surface area contributed by atoms with E-state index in [2.05, 4.69) is 4.98 Å². The van der Waals surface area contributed by atoms with Crippen LogP contribution in [-0.4, -0.2) is 23.2 Å². The second-order valence-electron chi connectivity index (χ2n) is 3.56. The number of rotatable bonds is 3. The quantitative estimate of drug-likeness (QED) is 0.905. The number of carboxylic acids is 1. The summed E-state index contributed by atoms with van der Waals surface area (Å²) in [5.74, 6) is -1.22. The van der Waals surface area contributed by atoms with Crippen molar-refractivity contribution < 1.29 is 19.0 Å². The average Bonchev–Trinajstić information content (AvgIpc) is 2.39. The summed E-state index contributed by atoms with van der Waals surface area (Å²) in [6.07, 6.45) is 0. The molecule has 0 spiro atoms. The molecule has 18 heavy (non-hydrogen) atoms. The minimum Gasteiger partial charge on any atom is -0.497 e. The van der Waals surface area contributed by atoms with Crippen molar-refractivity contribution in [1.82, 2.24) is 4.98 Å². The molecular weight excluding hydrogens is 237 g/mol. The Bertz CT molecular complexity index is 599. The standard InChI is InChI=1S/C13H10FNO3/c1-18-9-4-2-3-8(7-9)12-10(14)5-6-11(15-12)13(16)17/h2-7H,1H3,(H,16,17). The summed E-state index contributed by atoms with van der Waals surface area (Å²) in [5.41, 5.74) is 0.262. The predicted molar refractivity (Wildman–Crippen MR) is 63.1 cm³/mol. The molecule has 0 atom stereocenters. The monoisotopic (exact) mass is 247 g/mol. The molecule has 0 radical (unpaired) electrons. The summed E-state index contributed by atoms with van der Waals surface area (Å²) in [4.78, 5) is 14.6. The van der Waals surface area contributed by atoms with Crippen molar-refractivity contribution in [2.24, 2.45) is 0 Å². The lowest BCUT2D eigenvalue weighted by atomic mass is 10.1. The number of hydrogen-bond acceptors (Lipinski definition) is 3.